The van der Waals surface area contributed by atoms with Crippen molar-refractivity contribution in [3.8, 4) is 11.1 Å². The Morgan fingerprint density at radius 1 is 0.426 bits per heavy atom. The topological polar surface area (TPSA) is 6.48 Å². The molecule has 0 saturated heterocycles. The number of benzene rings is 8. The minimum atomic E-state index is -0.485. The van der Waals surface area contributed by atoms with Crippen molar-refractivity contribution < 1.29 is 0 Å². The Morgan fingerprint density at radius 3 is 1.87 bits per heavy atom. The second-order valence-electron chi connectivity index (χ2n) is 16.3. The summed E-state index contributed by atoms with van der Waals surface area (Å²) in [5.41, 5.74) is 19.7. The van der Waals surface area contributed by atoms with Gasteiger partial charge in [-0.15, -0.1) is 0 Å². The van der Waals surface area contributed by atoms with Gasteiger partial charge in [0.05, 0.1) is 16.8 Å². The standard InChI is InChI=1S/C59H42N2/c1-4-18-41-20-17-33-58(47(41)26-9-1)61(44-24-7-3-8-25-44)46-35-38-52-51-37-34-45(60(43-22-5-2-6-23-43)57-32-16-21-42-19-10-11-27-48(42)57)36-39-55(51)59(56(52)40-46)53-30-14-12-28-49(53)50-29-13-15-31-54(50)59/h1-17,19-38,40H,18,39H2. The normalized spacial score (nSPS) is 15.0. The van der Waals surface area contributed by atoms with Gasteiger partial charge in [-0.25, -0.2) is 0 Å². The van der Waals surface area contributed by atoms with E-state index in [-0.39, 0.29) is 0 Å². The smallest absolute Gasteiger partial charge is 0.0692 e. The first kappa shape index (κ1) is 35.3. The molecule has 0 bridgehead atoms. The summed E-state index contributed by atoms with van der Waals surface area (Å²) in [4.78, 5) is 4.91. The van der Waals surface area contributed by atoms with Gasteiger partial charge in [0.2, 0.25) is 0 Å². The van der Waals surface area contributed by atoms with Crippen LogP contribution < -0.4 is 9.80 Å². The molecule has 0 amide bonds. The van der Waals surface area contributed by atoms with E-state index in [1.54, 1.807) is 0 Å². The third kappa shape index (κ3) is 5.42. The van der Waals surface area contributed by atoms with Crippen LogP contribution in [-0.2, 0) is 11.8 Å². The predicted molar refractivity (Wildman–Crippen MR) is 256 cm³/mol. The molecule has 1 spiro atoms. The third-order valence-corrected chi connectivity index (χ3v) is 13.2. The summed E-state index contributed by atoms with van der Waals surface area (Å²) in [6.07, 6.45) is 17.8. The highest BCUT2D eigenvalue weighted by atomic mass is 15.2. The molecule has 0 heterocycles. The fraction of sp³-hybridized carbons (Fsp3) is 0.0508. The molecule has 4 aliphatic rings. The lowest BCUT2D eigenvalue weighted by molar-refractivity contribution is 0.746. The van der Waals surface area contributed by atoms with Crippen LogP contribution in [0.2, 0.25) is 0 Å². The molecule has 2 nitrogen and oxygen atoms in total. The minimum absolute atomic E-state index is 0.485. The van der Waals surface area contributed by atoms with Gasteiger partial charge in [0.15, 0.2) is 0 Å². The van der Waals surface area contributed by atoms with Crippen molar-refractivity contribution in [3.05, 3.63) is 269 Å². The first-order valence-electron chi connectivity index (χ1n) is 21.4. The van der Waals surface area contributed by atoms with Gasteiger partial charge in [-0.2, -0.15) is 0 Å². The summed E-state index contributed by atoms with van der Waals surface area (Å²) >= 11 is 0. The van der Waals surface area contributed by atoms with Gasteiger partial charge in [0.25, 0.3) is 0 Å². The van der Waals surface area contributed by atoms with Gasteiger partial charge in [0, 0.05) is 33.7 Å². The van der Waals surface area contributed by atoms with E-state index in [1.807, 2.05) is 0 Å². The van der Waals surface area contributed by atoms with Crippen LogP contribution in [0.15, 0.2) is 236 Å². The average Bonchev–Trinajstić information content (AvgIpc) is 3.48. The van der Waals surface area contributed by atoms with Gasteiger partial charge >= 0.3 is 0 Å². The number of nitrogens with zero attached hydrogens (tertiary/aromatic N) is 2. The van der Waals surface area contributed by atoms with E-state index in [1.165, 1.54) is 77.8 Å². The van der Waals surface area contributed by atoms with Crippen molar-refractivity contribution >= 4 is 50.9 Å². The Morgan fingerprint density at radius 2 is 1.08 bits per heavy atom. The zero-order chi connectivity index (χ0) is 40.3. The Kier molecular flexibility index (Phi) is 8.24. The molecule has 4 aliphatic carbocycles. The Labute approximate surface area is 357 Å². The van der Waals surface area contributed by atoms with Crippen molar-refractivity contribution in [2.75, 3.05) is 9.80 Å². The molecule has 0 aliphatic heterocycles. The van der Waals surface area contributed by atoms with Gasteiger partial charge < -0.3 is 9.80 Å². The largest absolute Gasteiger partial charge is 0.310 e. The van der Waals surface area contributed by atoms with Crippen LogP contribution >= 0.6 is 0 Å². The molecule has 8 aromatic carbocycles. The zero-order valence-corrected chi connectivity index (χ0v) is 33.7. The maximum atomic E-state index is 2.51. The average molecular weight is 779 g/mol. The lowest BCUT2D eigenvalue weighted by atomic mass is 9.68. The zero-order valence-electron chi connectivity index (χ0n) is 33.7. The molecule has 0 aromatic heterocycles. The molecule has 0 fully saturated rings. The Hall–Kier alpha value is -7.68. The van der Waals surface area contributed by atoms with Gasteiger partial charge in [-0.3, -0.25) is 0 Å². The number of para-hydroxylation sites is 2. The van der Waals surface area contributed by atoms with Crippen LogP contribution in [0.1, 0.15) is 39.8 Å². The summed E-state index contributed by atoms with van der Waals surface area (Å²) in [7, 11) is 0. The number of fused-ring (bicyclic) bond motifs is 11. The molecule has 0 saturated carbocycles. The van der Waals surface area contributed by atoms with Gasteiger partial charge in [0.1, 0.15) is 0 Å². The molecule has 0 atom stereocenters. The molecular weight excluding hydrogens is 737 g/mol. The highest BCUT2D eigenvalue weighted by Gasteiger charge is 2.52. The summed E-state index contributed by atoms with van der Waals surface area (Å²) in [6, 6.07) is 69.4. The highest BCUT2D eigenvalue weighted by molar-refractivity contribution is 6.00. The number of rotatable bonds is 6. The van der Waals surface area contributed by atoms with Crippen LogP contribution in [0.5, 0.6) is 0 Å². The van der Waals surface area contributed by atoms with E-state index in [2.05, 4.69) is 240 Å². The lowest BCUT2D eigenvalue weighted by Crippen LogP contribution is -2.28. The molecule has 2 heteroatoms. The summed E-state index contributed by atoms with van der Waals surface area (Å²) in [6.45, 7) is 0. The number of anilines is 5. The van der Waals surface area contributed by atoms with Gasteiger partial charge in [-0.1, -0.05) is 176 Å². The van der Waals surface area contributed by atoms with Crippen LogP contribution in [-0.4, -0.2) is 0 Å². The molecule has 8 aromatic rings. The predicted octanol–water partition coefficient (Wildman–Crippen LogP) is 15.2. The second kappa shape index (κ2) is 14.3. The van der Waals surface area contributed by atoms with E-state index in [9.17, 15) is 0 Å². The van der Waals surface area contributed by atoms with Crippen molar-refractivity contribution in [1.29, 1.82) is 0 Å². The lowest BCUT2D eigenvalue weighted by Gasteiger charge is -2.34. The quantitative estimate of drug-likeness (QED) is 0.166. The third-order valence-electron chi connectivity index (χ3n) is 13.2. The maximum Gasteiger partial charge on any atom is 0.0692 e. The van der Waals surface area contributed by atoms with Crippen molar-refractivity contribution in [2.24, 2.45) is 0 Å². The van der Waals surface area contributed by atoms with Crippen LogP contribution in [0.4, 0.5) is 28.4 Å². The fourth-order valence-corrected chi connectivity index (χ4v) is 10.7. The van der Waals surface area contributed by atoms with Crippen LogP contribution in [0.25, 0.3) is 33.5 Å². The fourth-order valence-electron chi connectivity index (χ4n) is 10.7. The van der Waals surface area contributed by atoms with E-state index in [4.69, 9.17) is 0 Å². The molecule has 12 rings (SSSR count). The minimum Gasteiger partial charge on any atom is -0.310 e. The number of hydrogen-bond acceptors (Lipinski definition) is 2. The first-order valence-corrected chi connectivity index (χ1v) is 21.4. The summed E-state index contributed by atoms with van der Waals surface area (Å²) in [5, 5.41) is 2.46. The summed E-state index contributed by atoms with van der Waals surface area (Å²) in [5.74, 6) is 0. The van der Waals surface area contributed by atoms with Crippen molar-refractivity contribution in [3.63, 3.8) is 0 Å². The van der Waals surface area contributed by atoms with Gasteiger partial charge in [-0.05, 0) is 123 Å². The Bertz CT molecular complexity index is 3150. The van der Waals surface area contributed by atoms with Crippen molar-refractivity contribution in [1.82, 2.24) is 0 Å². The molecular formula is C59H42N2. The molecule has 0 radical (unpaired) electrons. The van der Waals surface area contributed by atoms with Crippen LogP contribution in [0.3, 0.4) is 0 Å². The van der Waals surface area contributed by atoms with E-state index in [0.29, 0.717) is 0 Å². The highest BCUT2D eigenvalue weighted by Crippen LogP contribution is 2.64. The number of hydrogen-bond donors (Lipinski definition) is 0. The number of allylic oxidation sites excluding steroid dienone is 8. The SMILES string of the molecule is C1=CCc2cccc(N(c3ccccc3)c3ccc4c(c3)C3(C5=C4C=CC(N(c4ccccc4)c4cccc6ccccc46)=CC5)c4ccccc4-c4ccccc43)c2C=C1. The summed E-state index contributed by atoms with van der Waals surface area (Å²) < 4.78 is 0. The maximum absolute atomic E-state index is 2.51. The molecule has 61 heavy (non-hydrogen) atoms. The Balaban J connectivity index is 1.08. The second-order valence-corrected chi connectivity index (χ2v) is 16.3. The van der Waals surface area contributed by atoms with E-state index in [0.717, 1.165) is 35.6 Å². The van der Waals surface area contributed by atoms with Crippen molar-refractivity contribution in [2.45, 2.75) is 18.3 Å². The van der Waals surface area contributed by atoms with E-state index < -0.39 is 5.41 Å². The first-order chi connectivity index (χ1) is 30.3. The molecule has 0 unspecified atom stereocenters. The van der Waals surface area contributed by atoms with E-state index >= 15 is 0 Å². The van der Waals surface area contributed by atoms with Crippen LogP contribution in [0, 0.1) is 0 Å². The molecule has 288 valence electrons. The molecule has 0 N–H and O–H groups in total. The monoisotopic (exact) mass is 778 g/mol.